The average Bonchev–Trinajstić information content (AvgIpc) is 3.22. The lowest BCUT2D eigenvalue weighted by molar-refractivity contribution is -0.203. The van der Waals surface area contributed by atoms with E-state index >= 15 is 0 Å². The number of fused-ring (bicyclic) bond motifs is 5. The molecule has 4 saturated carbocycles. The highest BCUT2D eigenvalue weighted by Crippen LogP contribution is 2.69. The van der Waals surface area contributed by atoms with E-state index in [2.05, 4.69) is 33.8 Å². The van der Waals surface area contributed by atoms with Crippen LogP contribution in [0, 0.1) is 52.3 Å². The van der Waals surface area contributed by atoms with Crippen LogP contribution in [-0.2, 0) is 6.42 Å². The number of aliphatic hydroxyl groups is 2. The van der Waals surface area contributed by atoms with Gasteiger partial charge in [0.05, 0.1) is 17.8 Å². The predicted octanol–water partition coefficient (Wildman–Crippen LogP) is 6.97. The third-order valence-corrected chi connectivity index (χ3v) is 12.4. The number of benzene rings is 1. The number of aliphatic hydroxyl groups excluding tert-OH is 2. The molecule has 0 radical (unpaired) electrons. The van der Waals surface area contributed by atoms with E-state index in [1.807, 2.05) is 12.1 Å². The van der Waals surface area contributed by atoms with Crippen molar-refractivity contribution < 1.29 is 20.1 Å². The van der Waals surface area contributed by atoms with Crippen LogP contribution in [0.5, 0.6) is 0 Å². The maximum atomic E-state index is 11.9. The van der Waals surface area contributed by atoms with E-state index in [4.69, 9.17) is 0 Å². The first-order valence-electron chi connectivity index (χ1n) is 15.3. The summed E-state index contributed by atoms with van der Waals surface area (Å²) >= 11 is 0. The molecule has 4 aliphatic rings. The van der Waals surface area contributed by atoms with Crippen molar-refractivity contribution in [3.63, 3.8) is 0 Å². The molecular formula is C33H50O4. The zero-order valence-electron chi connectivity index (χ0n) is 23.5. The number of rotatable bonds is 7. The van der Waals surface area contributed by atoms with E-state index in [0.29, 0.717) is 52.4 Å². The maximum absolute atomic E-state index is 11.9. The molecule has 37 heavy (non-hydrogen) atoms. The van der Waals surface area contributed by atoms with Gasteiger partial charge in [-0.3, -0.25) is 0 Å². The summed E-state index contributed by atoms with van der Waals surface area (Å²) < 4.78 is 0. The molecule has 11 atom stereocenters. The summed E-state index contributed by atoms with van der Waals surface area (Å²) in [4.78, 5) is 11.3. The molecule has 0 aromatic heterocycles. The minimum absolute atomic E-state index is 0.187. The molecule has 206 valence electrons. The number of carboxylic acid groups (broad SMARTS) is 1. The molecule has 4 aliphatic carbocycles. The second-order valence-electron chi connectivity index (χ2n) is 14.0. The number of hydrogen-bond donors (Lipinski definition) is 3. The number of hydrogen-bond acceptors (Lipinski definition) is 3. The Hall–Kier alpha value is -1.39. The molecule has 0 amide bonds. The van der Waals surface area contributed by atoms with Gasteiger partial charge in [0.15, 0.2) is 0 Å². The molecule has 4 nitrogen and oxygen atoms in total. The van der Waals surface area contributed by atoms with Gasteiger partial charge in [-0.1, -0.05) is 52.7 Å². The third kappa shape index (κ3) is 4.58. The van der Waals surface area contributed by atoms with Gasteiger partial charge in [0.1, 0.15) is 0 Å². The molecule has 0 saturated heterocycles. The number of carbonyl (C=O) groups is 1. The smallest absolute Gasteiger partial charge is 0.335 e. The summed E-state index contributed by atoms with van der Waals surface area (Å²) in [7, 11) is 0. The van der Waals surface area contributed by atoms with Gasteiger partial charge < -0.3 is 15.3 Å². The third-order valence-electron chi connectivity index (χ3n) is 12.4. The molecule has 4 fully saturated rings. The minimum atomic E-state index is -0.851. The Morgan fingerprint density at radius 3 is 2.49 bits per heavy atom. The van der Waals surface area contributed by atoms with E-state index in [0.717, 1.165) is 44.1 Å². The summed E-state index contributed by atoms with van der Waals surface area (Å²) in [6.45, 7) is 9.78. The number of aryl methyl sites for hydroxylation is 1. The number of aromatic carboxylic acids is 1. The molecule has 5 rings (SSSR count). The van der Waals surface area contributed by atoms with Gasteiger partial charge in [0.25, 0.3) is 0 Å². The molecule has 0 spiro atoms. The quantitative estimate of drug-likeness (QED) is 0.370. The average molecular weight is 511 g/mol. The van der Waals surface area contributed by atoms with E-state index in [1.165, 1.54) is 32.1 Å². The van der Waals surface area contributed by atoms with Crippen molar-refractivity contribution in [3.8, 4) is 0 Å². The molecule has 1 aromatic carbocycles. The Bertz CT molecular complexity index is 975. The molecule has 4 unspecified atom stereocenters. The molecule has 1 aromatic rings. The highest BCUT2D eigenvalue weighted by Gasteiger charge is 2.64. The van der Waals surface area contributed by atoms with Crippen LogP contribution in [0.25, 0.3) is 0 Å². The Kier molecular flexibility index (Phi) is 7.57. The van der Waals surface area contributed by atoms with Crippen LogP contribution in [-0.4, -0.2) is 33.5 Å². The van der Waals surface area contributed by atoms with E-state index in [9.17, 15) is 20.1 Å². The fourth-order valence-corrected chi connectivity index (χ4v) is 10.6. The Morgan fingerprint density at radius 1 is 1.03 bits per heavy atom. The SMILES string of the molecule is CC[C@H]1[C@@H](O)C2C3CCC([C@H](C)CCCc4cccc(C(=O)O)c4)[C@@]3(C)CCC2[C@@]2(C)CC[C@@H](O)C[C@@H]12. The van der Waals surface area contributed by atoms with Crippen LogP contribution in [0.2, 0.25) is 0 Å². The first-order valence-corrected chi connectivity index (χ1v) is 15.3. The zero-order chi connectivity index (χ0) is 26.5. The fourth-order valence-electron chi connectivity index (χ4n) is 10.6. The fraction of sp³-hybridized carbons (Fsp3) is 0.788. The van der Waals surface area contributed by atoms with Crippen LogP contribution < -0.4 is 0 Å². The molecule has 4 heteroatoms. The lowest BCUT2D eigenvalue weighted by Crippen LogP contribution is -2.62. The highest BCUT2D eigenvalue weighted by atomic mass is 16.4. The van der Waals surface area contributed by atoms with E-state index < -0.39 is 5.97 Å². The van der Waals surface area contributed by atoms with Gasteiger partial charge in [-0.15, -0.1) is 0 Å². The van der Waals surface area contributed by atoms with Crippen molar-refractivity contribution >= 4 is 5.97 Å². The van der Waals surface area contributed by atoms with Crippen LogP contribution in [0.1, 0.15) is 108 Å². The van der Waals surface area contributed by atoms with E-state index in [-0.39, 0.29) is 17.6 Å². The summed E-state index contributed by atoms with van der Waals surface area (Å²) in [5, 5.41) is 31.7. The molecule has 3 N–H and O–H groups in total. The molecule has 0 bridgehead atoms. The minimum Gasteiger partial charge on any atom is -0.478 e. The summed E-state index contributed by atoms with van der Waals surface area (Å²) in [6, 6.07) is 7.41. The van der Waals surface area contributed by atoms with Crippen molar-refractivity contribution in [1.29, 1.82) is 0 Å². The van der Waals surface area contributed by atoms with Crippen molar-refractivity contribution in [2.75, 3.05) is 0 Å². The monoisotopic (exact) mass is 510 g/mol. The Labute approximate surface area is 224 Å². The Balaban J connectivity index is 1.29. The van der Waals surface area contributed by atoms with Crippen molar-refractivity contribution in [2.24, 2.45) is 52.3 Å². The van der Waals surface area contributed by atoms with Crippen molar-refractivity contribution in [2.45, 2.75) is 111 Å². The van der Waals surface area contributed by atoms with Gasteiger partial charge in [-0.05, 0) is 128 Å². The Morgan fingerprint density at radius 2 is 1.76 bits per heavy atom. The standard InChI is InChI=1S/C33H50O4/c1-5-24-28-19-23(34)14-16-33(28,4)27-15-17-32(3)25(12-13-26(32)29(27)30(24)35)20(2)8-6-9-21-10-7-11-22(18-21)31(36)37/h7,10-11,18,20,23-30,34-35H,5-6,8-9,12-17,19H2,1-4H3,(H,36,37)/t20-,23-,24-,25?,26?,27?,28+,29?,30-,32-,33-/m1/s1. The van der Waals surface area contributed by atoms with Gasteiger partial charge in [-0.25, -0.2) is 4.79 Å². The largest absolute Gasteiger partial charge is 0.478 e. The van der Waals surface area contributed by atoms with Crippen LogP contribution in [0.4, 0.5) is 0 Å². The molecular weight excluding hydrogens is 460 g/mol. The topological polar surface area (TPSA) is 77.8 Å². The highest BCUT2D eigenvalue weighted by molar-refractivity contribution is 5.87. The van der Waals surface area contributed by atoms with Crippen LogP contribution >= 0.6 is 0 Å². The van der Waals surface area contributed by atoms with Crippen LogP contribution in [0.15, 0.2) is 24.3 Å². The van der Waals surface area contributed by atoms with Crippen molar-refractivity contribution in [1.82, 2.24) is 0 Å². The zero-order valence-corrected chi connectivity index (χ0v) is 23.5. The summed E-state index contributed by atoms with van der Waals surface area (Å²) in [5.41, 5.74) is 2.08. The van der Waals surface area contributed by atoms with Crippen molar-refractivity contribution in [3.05, 3.63) is 35.4 Å². The summed E-state index contributed by atoms with van der Waals surface area (Å²) in [5.74, 6) is 2.89. The van der Waals surface area contributed by atoms with Crippen LogP contribution in [0.3, 0.4) is 0 Å². The second kappa shape index (κ2) is 10.3. The predicted molar refractivity (Wildman–Crippen MR) is 147 cm³/mol. The van der Waals surface area contributed by atoms with Gasteiger partial charge in [0.2, 0.25) is 0 Å². The maximum Gasteiger partial charge on any atom is 0.335 e. The van der Waals surface area contributed by atoms with Gasteiger partial charge >= 0.3 is 5.97 Å². The van der Waals surface area contributed by atoms with Gasteiger partial charge in [-0.2, -0.15) is 0 Å². The lowest BCUT2D eigenvalue weighted by Gasteiger charge is -2.64. The lowest BCUT2D eigenvalue weighted by atomic mass is 9.41. The first kappa shape index (κ1) is 27.2. The second-order valence-corrected chi connectivity index (χ2v) is 14.0. The van der Waals surface area contributed by atoms with E-state index in [1.54, 1.807) is 6.07 Å². The summed E-state index contributed by atoms with van der Waals surface area (Å²) in [6.07, 6.45) is 11.8. The number of carboxylic acids is 1. The normalized spacial score (nSPS) is 43.9. The first-order chi connectivity index (χ1) is 17.6. The molecule has 0 aliphatic heterocycles. The van der Waals surface area contributed by atoms with Gasteiger partial charge in [0, 0.05) is 0 Å². The molecule has 0 heterocycles.